The first-order valence-electron chi connectivity index (χ1n) is 9.48. The van der Waals surface area contributed by atoms with Crippen molar-refractivity contribution in [3.8, 4) is 11.5 Å². The standard InChI is InChI=1S/C22H28N2O2S2.Fe/c25-21-7-3-1-5-17(21)15-23-13-11-19(27)9-10-20(28)12-14-24-16-18-6-2-4-8-22(18)26;/h1-8,15-16,19-20,25-28H,9-14H2;. The molecular weight excluding hydrogens is 444 g/mol. The fourth-order valence-electron chi connectivity index (χ4n) is 2.64. The molecule has 2 unspecified atom stereocenters. The van der Waals surface area contributed by atoms with Gasteiger partial charge in [0, 0.05) is 64.2 Å². The predicted octanol–water partition coefficient (Wildman–Crippen LogP) is 4.79. The summed E-state index contributed by atoms with van der Waals surface area (Å²) in [7, 11) is 0. The van der Waals surface area contributed by atoms with E-state index in [4.69, 9.17) is 0 Å². The Labute approximate surface area is 194 Å². The van der Waals surface area contributed by atoms with Crippen molar-refractivity contribution in [2.75, 3.05) is 13.1 Å². The molecule has 7 heteroatoms. The zero-order chi connectivity index (χ0) is 20.2. The van der Waals surface area contributed by atoms with Crippen molar-refractivity contribution >= 4 is 37.7 Å². The zero-order valence-electron chi connectivity index (χ0n) is 16.2. The summed E-state index contributed by atoms with van der Waals surface area (Å²) in [4.78, 5) is 8.75. The number of rotatable bonds is 11. The second-order valence-corrected chi connectivity index (χ2v) is 8.11. The molecule has 0 fully saturated rings. The summed E-state index contributed by atoms with van der Waals surface area (Å²) >= 11 is 9.28. The second-order valence-electron chi connectivity index (χ2n) is 6.65. The number of benzene rings is 2. The van der Waals surface area contributed by atoms with Gasteiger partial charge in [-0.2, -0.15) is 25.3 Å². The van der Waals surface area contributed by atoms with Crippen LogP contribution in [0.3, 0.4) is 0 Å². The van der Waals surface area contributed by atoms with Gasteiger partial charge in [-0.05, 0) is 49.9 Å². The van der Waals surface area contributed by atoms with Crippen molar-refractivity contribution in [1.82, 2.24) is 0 Å². The molecule has 0 aliphatic heterocycles. The maximum Gasteiger partial charge on any atom is 0.124 e. The molecule has 0 saturated carbocycles. The van der Waals surface area contributed by atoms with Gasteiger partial charge < -0.3 is 10.2 Å². The van der Waals surface area contributed by atoms with Crippen LogP contribution in [-0.2, 0) is 17.1 Å². The number of hydrogen-bond acceptors (Lipinski definition) is 6. The van der Waals surface area contributed by atoms with Crippen molar-refractivity contribution in [2.45, 2.75) is 36.2 Å². The largest absolute Gasteiger partial charge is 0.507 e. The van der Waals surface area contributed by atoms with Crippen LogP contribution in [0.15, 0.2) is 58.5 Å². The van der Waals surface area contributed by atoms with Crippen LogP contribution < -0.4 is 0 Å². The molecule has 0 aromatic heterocycles. The summed E-state index contributed by atoms with van der Waals surface area (Å²) in [5, 5.41) is 19.9. The van der Waals surface area contributed by atoms with E-state index in [1.165, 1.54) is 0 Å². The average molecular weight is 472 g/mol. The van der Waals surface area contributed by atoms with E-state index in [2.05, 4.69) is 35.2 Å². The van der Waals surface area contributed by atoms with Crippen LogP contribution in [0.1, 0.15) is 36.8 Å². The Morgan fingerprint density at radius 3 is 1.45 bits per heavy atom. The van der Waals surface area contributed by atoms with Gasteiger partial charge in [0.2, 0.25) is 0 Å². The molecule has 2 N–H and O–H groups in total. The van der Waals surface area contributed by atoms with E-state index in [1.54, 1.807) is 36.7 Å². The molecule has 0 spiro atoms. The number of phenols is 2. The third kappa shape index (κ3) is 10.3. The zero-order valence-corrected chi connectivity index (χ0v) is 19.1. The van der Waals surface area contributed by atoms with Crippen molar-refractivity contribution in [3.05, 3.63) is 59.7 Å². The van der Waals surface area contributed by atoms with Crippen LogP contribution in [0, 0.1) is 0 Å². The molecule has 2 atom stereocenters. The van der Waals surface area contributed by atoms with Gasteiger partial charge in [-0.3, -0.25) is 9.98 Å². The minimum Gasteiger partial charge on any atom is -0.507 e. The Morgan fingerprint density at radius 2 is 1.07 bits per heavy atom. The molecule has 0 bridgehead atoms. The summed E-state index contributed by atoms with van der Waals surface area (Å²) in [6, 6.07) is 14.3. The maximum atomic E-state index is 9.69. The van der Waals surface area contributed by atoms with Gasteiger partial charge >= 0.3 is 0 Å². The predicted molar refractivity (Wildman–Crippen MR) is 125 cm³/mol. The van der Waals surface area contributed by atoms with E-state index >= 15 is 0 Å². The number of aromatic hydroxyl groups is 2. The molecule has 0 heterocycles. The quantitative estimate of drug-likeness (QED) is 0.216. The first-order valence-corrected chi connectivity index (χ1v) is 10.5. The van der Waals surface area contributed by atoms with E-state index in [1.807, 2.05) is 24.3 Å². The SMILES string of the molecule is Oc1ccccc1C=NCCC(S)CCC(S)CCN=Cc1ccccc1O.[Fe]. The van der Waals surface area contributed by atoms with Crippen molar-refractivity contribution in [2.24, 2.45) is 9.98 Å². The molecule has 2 rings (SSSR count). The smallest absolute Gasteiger partial charge is 0.124 e. The molecule has 0 aliphatic carbocycles. The Hall–Kier alpha value is -1.40. The minimum absolute atomic E-state index is 0. The molecule has 2 aromatic carbocycles. The Bertz CT molecular complexity index is 721. The van der Waals surface area contributed by atoms with E-state index in [9.17, 15) is 10.2 Å². The summed E-state index contributed by atoms with van der Waals surface area (Å²) in [6.45, 7) is 1.37. The van der Waals surface area contributed by atoms with Gasteiger partial charge in [0.05, 0.1) is 0 Å². The van der Waals surface area contributed by atoms with Crippen molar-refractivity contribution in [3.63, 3.8) is 0 Å². The van der Waals surface area contributed by atoms with Crippen LogP contribution in [0.2, 0.25) is 0 Å². The molecule has 29 heavy (non-hydrogen) atoms. The molecule has 0 saturated heterocycles. The number of thiol groups is 2. The van der Waals surface area contributed by atoms with Crippen LogP contribution in [-0.4, -0.2) is 46.2 Å². The summed E-state index contributed by atoms with van der Waals surface area (Å²) < 4.78 is 0. The third-order valence-electron chi connectivity index (χ3n) is 4.35. The van der Waals surface area contributed by atoms with Gasteiger partial charge in [-0.1, -0.05) is 24.3 Å². The van der Waals surface area contributed by atoms with Gasteiger partial charge in [-0.15, -0.1) is 0 Å². The van der Waals surface area contributed by atoms with Crippen molar-refractivity contribution < 1.29 is 27.3 Å². The van der Waals surface area contributed by atoms with E-state index in [0.717, 1.165) is 36.8 Å². The Morgan fingerprint density at radius 1 is 0.690 bits per heavy atom. The fourth-order valence-corrected chi connectivity index (χ4v) is 3.17. The molecule has 0 amide bonds. The number of nitrogens with zero attached hydrogens (tertiary/aromatic N) is 2. The fraction of sp³-hybridized carbons (Fsp3) is 0.364. The molecule has 0 aliphatic rings. The van der Waals surface area contributed by atoms with Crippen molar-refractivity contribution in [1.29, 1.82) is 0 Å². The van der Waals surface area contributed by atoms with Crippen LogP contribution >= 0.6 is 25.3 Å². The second kappa shape index (κ2) is 14.6. The van der Waals surface area contributed by atoms with E-state index in [0.29, 0.717) is 13.1 Å². The minimum atomic E-state index is 0. The van der Waals surface area contributed by atoms with Crippen LogP contribution in [0.25, 0.3) is 0 Å². The third-order valence-corrected chi connectivity index (χ3v) is 5.38. The van der Waals surface area contributed by atoms with Crippen LogP contribution in [0.4, 0.5) is 0 Å². The first-order chi connectivity index (χ1) is 13.6. The molecule has 4 nitrogen and oxygen atoms in total. The van der Waals surface area contributed by atoms with Gasteiger partial charge in [-0.25, -0.2) is 0 Å². The summed E-state index contributed by atoms with van der Waals surface area (Å²) in [5.74, 6) is 0.494. The van der Waals surface area contributed by atoms with E-state index < -0.39 is 0 Å². The normalized spacial score (nSPS) is 13.4. The topological polar surface area (TPSA) is 65.2 Å². The number of aliphatic imine (C=N–C) groups is 2. The van der Waals surface area contributed by atoms with Gasteiger partial charge in [0.25, 0.3) is 0 Å². The molecule has 0 radical (unpaired) electrons. The monoisotopic (exact) mass is 472 g/mol. The summed E-state index contributed by atoms with van der Waals surface area (Å²) in [5.41, 5.74) is 1.47. The average Bonchev–Trinajstić information content (AvgIpc) is 2.69. The Balaban J connectivity index is 0.00000420. The molecule has 158 valence electrons. The molecule has 2 aromatic rings. The number of hydrogen-bond donors (Lipinski definition) is 4. The van der Waals surface area contributed by atoms with Crippen LogP contribution in [0.5, 0.6) is 11.5 Å². The number of phenolic OH excluding ortho intramolecular Hbond substituents is 2. The Kier molecular flexibility index (Phi) is 12.9. The van der Waals surface area contributed by atoms with Gasteiger partial charge in [0.15, 0.2) is 0 Å². The van der Waals surface area contributed by atoms with Gasteiger partial charge in [0.1, 0.15) is 11.5 Å². The molecular formula is C22H28FeN2O2S2. The summed E-state index contributed by atoms with van der Waals surface area (Å²) in [6.07, 6.45) is 7.15. The number of para-hydroxylation sites is 2. The van der Waals surface area contributed by atoms with E-state index in [-0.39, 0.29) is 39.1 Å². The maximum absolute atomic E-state index is 9.69. The first kappa shape index (κ1) is 25.6.